The van der Waals surface area contributed by atoms with Gasteiger partial charge in [0.15, 0.2) is 6.61 Å². The van der Waals surface area contributed by atoms with Gasteiger partial charge in [-0.3, -0.25) is 4.79 Å². The molecule has 1 amide bonds. The fourth-order valence-corrected chi connectivity index (χ4v) is 2.37. The molecule has 0 aliphatic heterocycles. The SMILES string of the molecule is O=C(CON=Cc1ccccc1OCc1ccc(F)cc1)Nc1ccccc1. The second-order valence-electron chi connectivity index (χ2n) is 5.88. The standard InChI is InChI=1S/C22H19FN2O3/c23-19-12-10-17(11-13-19)15-27-21-9-5-4-6-18(21)14-24-28-16-22(26)25-20-7-2-1-3-8-20/h1-14H,15-16H2,(H,25,26). The third-order valence-corrected chi connectivity index (χ3v) is 3.75. The van der Waals surface area contributed by atoms with Crippen molar-refractivity contribution in [1.29, 1.82) is 0 Å². The maximum absolute atomic E-state index is 13.0. The predicted octanol–water partition coefficient (Wildman–Crippen LogP) is 4.39. The van der Waals surface area contributed by atoms with Gasteiger partial charge in [0, 0.05) is 11.3 Å². The molecule has 28 heavy (non-hydrogen) atoms. The number of anilines is 1. The Bertz CT molecular complexity index is 928. The van der Waals surface area contributed by atoms with Crippen molar-refractivity contribution in [1.82, 2.24) is 0 Å². The van der Waals surface area contributed by atoms with Crippen LogP contribution in [0.25, 0.3) is 0 Å². The first-order valence-electron chi connectivity index (χ1n) is 8.67. The molecule has 0 atom stereocenters. The summed E-state index contributed by atoms with van der Waals surface area (Å²) in [5, 5.41) is 6.54. The number of oxime groups is 1. The summed E-state index contributed by atoms with van der Waals surface area (Å²) < 4.78 is 18.7. The summed E-state index contributed by atoms with van der Waals surface area (Å²) in [4.78, 5) is 16.9. The maximum atomic E-state index is 13.0. The van der Waals surface area contributed by atoms with Crippen molar-refractivity contribution in [2.24, 2.45) is 5.16 Å². The number of benzene rings is 3. The fourth-order valence-electron chi connectivity index (χ4n) is 2.37. The van der Waals surface area contributed by atoms with E-state index in [1.54, 1.807) is 30.3 Å². The first-order chi connectivity index (χ1) is 13.7. The molecule has 3 rings (SSSR count). The molecule has 0 fully saturated rings. The molecule has 0 bridgehead atoms. The van der Waals surface area contributed by atoms with E-state index < -0.39 is 0 Å². The lowest BCUT2D eigenvalue weighted by Crippen LogP contribution is -2.16. The molecule has 1 N–H and O–H groups in total. The average Bonchev–Trinajstić information content (AvgIpc) is 2.72. The highest BCUT2D eigenvalue weighted by Gasteiger charge is 2.04. The van der Waals surface area contributed by atoms with Crippen LogP contribution < -0.4 is 10.1 Å². The molecule has 0 saturated heterocycles. The number of hydrogen-bond donors (Lipinski definition) is 1. The Morgan fingerprint density at radius 2 is 1.68 bits per heavy atom. The molecule has 3 aromatic rings. The lowest BCUT2D eigenvalue weighted by atomic mass is 10.2. The van der Waals surface area contributed by atoms with E-state index in [-0.39, 0.29) is 18.3 Å². The minimum absolute atomic E-state index is 0.204. The van der Waals surface area contributed by atoms with Gasteiger partial charge in [0.2, 0.25) is 0 Å². The highest BCUT2D eigenvalue weighted by atomic mass is 19.1. The Morgan fingerprint density at radius 1 is 0.964 bits per heavy atom. The lowest BCUT2D eigenvalue weighted by molar-refractivity contribution is -0.120. The van der Waals surface area contributed by atoms with Crippen molar-refractivity contribution < 1.29 is 18.8 Å². The van der Waals surface area contributed by atoms with E-state index in [0.717, 1.165) is 5.56 Å². The molecule has 0 spiro atoms. The molecular formula is C22H19FN2O3. The average molecular weight is 378 g/mol. The first kappa shape index (κ1) is 19.1. The monoisotopic (exact) mass is 378 g/mol. The largest absolute Gasteiger partial charge is 0.488 e. The molecule has 0 aromatic heterocycles. The number of rotatable bonds is 8. The Morgan fingerprint density at radius 3 is 2.46 bits per heavy atom. The predicted molar refractivity (Wildman–Crippen MR) is 106 cm³/mol. The summed E-state index contributed by atoms with van der Waals surface area (Å²) in [7, 11) is 0. The van der Waals surface area contributed by atoms with Crippen molar-refractivity contribution in [2.45, 2.75) is 6.61 Å². The van der Waals surface area contributed by atoms with Crippen LogP contribution in [0.15, 0.2) is 84.0 Å². The zero-order chi connectivity index (χ0) is 19.6. The Balaban J connectivity index is 1.51. The van der Waals surface area contributed by atoms with Crippen molar-refractivity contribution >= 4 is 17.8 Å². The third kappa shape index (κ3) is 5.95. The number of para-hydroxylation sites is 2. The highest BCUT2D eigenvalue weighted by Crippen LogP contribution is 2.18. The van der Waals surface area contributed by atoms with Crippen LogP contribution in [0.2, 0.25) is 0 Å². The van der Waals surface area contributed by atoms with Crippen LogP contribution in [-0.4, -0.2) is 18.7 Å². The number of nitrogens with zero attached hydrogens (tertiary/aromatic N) is 1. The Kier molecular flexibility index (Phi) is 6.73. The number of ether oxygens (including phenoxy) is 1. The van der Waals surface area contributed by atoms with Crippen molar-refractivity contribution in [3.8, 4) is 5.75 Å². The highest BCUT2D eigenvalue weighted by molar-refractivity contribution is 5.91. The summed E-state index contributed by atoms with van der Waals surface area (Å²) in [5.74, 6) is 0.0156. The molecule has 3 aromatic carbocycles. The number of carbonyl (C=O) groups excluding carboxylic acids is 1. The second-order valence-corrected chi connectivity index (χ2v) is 5.88. The molecule has 6 heteroatoms. The topological polar surface area (TPSA) is 59.9 Å². The summed E-state index contributed by atoms with van der Waals surface area (Å²) in [5.41, 5.74) is 2.25. The lowest BCUT2D eigenvalue weighted by Gasteiger charge is -2.09. The quantitative estimate of drug-likeness (QED) is 0.467. The van der Waals surface area contributed by atoms with Gasteiger partial charge in [-0.05, 0) is 42.0 Å². The zero-order valence-corrected chi connectivity index (χ0v) is 15.0. The molecule has 0 radical (unpaired) electrons. The summed E-state index contributed by atoms with van der Waals surface area (Å²) in [6.07, 6.45) is 1.48. The van der Waals surface area contributed by atoms with Crippen LogP contribution in [0.4, 0.5) is 10.1 Å². The van der Waals surface area contributed by atoms with E-state index in [4.69, 9.17) is 9.57 Å². The number of halogens is 1. The molecule has 5 nitrogen and oxygen atoms in total. The van der Waals surface area contributed by atoms with Crippen LogP contribution in [0.5, 0.6) is 5.75 Å². The maximum Gasteiger partial charge on any atom is 0.265 e. The molecule has 0 aliphatic carbocycles. The zero-order valence-electron chi connectivity index (χ0n) is 15.0. The van der Waals surface area contributed by atoms with Gasteiger partial charge in [0.05, 0.1) is 6.21 Å². The van der Waals surface area contributed by atoms with Crippen LogP contribution in [0, 0.1) is 5.82 Å². The van der Waals surface area contributed by atoms with Crippen molar-refractivity contribution in [3.05, 3.63) is 95.8 Å². The first-order valence-corrected chi connectivity index (χ1v) is 8.67. The van der Waals surface area contributed by atoms with E-state index in [2.05, 4.69) is 10.5 Å². The number of nitrogens with one attached hydrogen (secondary N) is 1. The smallest absolute Gasteiger partial charge is 0.265 e. The van der Waals surface area contributed by atoms with Crippen LogP contribution >= 0.6 is 0 Å². The minimum Gasteiger partial charge on any atom is -0.488 e. The van der Waals surface area contributed by atoms with E-state index in [1.807, 2.05) is 36.4 Å². The second kappa shape index (κ2) is 9.87. The van der Waals surface area contributed by atoms with Gasteiger partial charge in [0.1, 0.15) is 18.2 Å². The van der Waals surface area contributed by atoms with Gasteiger partial charge >= 0.3 is 0 Å². The molecule has 0 aliphatic rings. The summed E-state index contributed by atoms with van der Waals surface area (Å²) in [6.45, 7) is 0.0927. The number of hydrogen-bond acceptors (Lipinski definition) is 4. The third-order valence-electron chi connectivity index (χ3n) is 3.75. The van der Waals surface area contributed by atoms with Crippen molar-refractivity contribution in [2.75, 3.05) is 11.9 Å². The minimum atomic E-state index is -0.302. The van der Waals surface area contributed by atoms with Gasteiger partial charge in [-0.2, -0.15) is 0 Å². The van der Waals surface area contributed by atoms with Crippen molar-refractivity contribution in [3.63, 3.8) is 0 Å². The van der Waals surface area contributed by atoms with Gasteiger partial charge in [-0.1, -0.05) is 47.6 Å². The van der Waals surface area contributed by atoms with Gasteiger partial charge in [0.25, 0.3) is 5.91 Å². The molecular weight excluding hydrogens is 359 g/mol. The molecule has 0 unspecified atom stereocenters. The normalized spacial score (nSPS) is 10.6. The summed E-state index contributed by atoms with van der Waals surface area (Å²) >= 11 is 0. The Hall–Kier alpha value is -3.67. The van der Waals surface area contributed by atoms with E-state index in [0.29, 0.717) is 23.6 Å². The molecule has 142 valence electrons. The van der Waals surface area contributed by atoms with Gasteiger partial charge < -0.3 is 14.9 Å². The Labute approximate surface area is 162 Å². The number of carbonyl (C=O) groups is 1. The molecule has 0 saturated carbocycles. The van der Waals surface area contributed by atoms with Crippen LogP contribution in [0.3, 0.4) is 0 Å². The van der Waals surface area contributed by atoms with Crippen LogP contribution in [0.1, 0.15) is 11.1 Å². The van der Waals surface area contributed by atoms with E-state index in [9.17, 15) is 9.18 Å². The van der Waals surface area contributed by atoms with Crippen LogP contribution in [-0.2, 0) is 16.2 Å². The fraction of sp³-hybridized carbons (Fsp3) is 0.0909. The molecule has 0 heterocycles. The van der Waals surface area contributed by atoms with E-state index in [1.165, 1.54) is 18.3 Å². The van der Waals surface area contributed by atoms with E-state index >= 15 is 0 Å². The van der Waals surface area contributed by atoms with Gasteiger partial charge in [-0.15, -0.1) is 0 Å². The van der Waals surface area contributed by atoms with Gasteiger partial charge in [-0.25, -0.2) is 4.39 Å². The summed E-state index contributed by atoms with van der Waals surface area (Å²) in [6, 6.07) is 22.5. The number of amides is 1.